The largest absolute Gasteiger partial charge is 0.495 e. The molecule has 1 aliphatic carbocycles. The van der Waals surface area contributed by atoms with E-state index in [4.69, 9.17) is 4.74 Å². The van der Waals surface area contributed by atoms with Crippen LogP contribution in [0.4, 0.5) is 5.69 Å². The fourth-order valence-electron chi connectivity index (χ4n) is 5.71. The highest BCUT2D eigenvalue weighted by Crippen LogP contribution is 2.54. The van der Waals surface area contributed by atoms with Crippen molar-refractivity contribution in [3.8, 4) is 5.75 Å². The summed E-state index contributed by atoms with van der Waals surface area (Å²) in [7, 11) is 1.77. The number of methoxy groups -OCH3 is 1. The maximum atomic E-state index is 5.79. The average molecular weight is 392 g/mol. The van der Waals surface area contributed by atoms with E-state index in [1.165, 1.54) is 38.2 Å². The molecule has 3 atom stereocenters. The van der Waals surface area contributed by atoms with Gasteiger partial charge in [0.15, 0.2) is 0 Å². The second-order valence-electron chi connectivity index (χ2n) is 8.58. The molecule has 2 heteroatoms. The maximum absolute atomic E-state index is 5.79. The maximum Gasteiger partial charge on any atom is 0.142 e. The molecule has 2 aliphatic rings. The Hall–Kier alpha value is -3.26. The van der Waals surface area contributed by atoms with Crippen LogP contribution in [0.1, 0.15) is 35.1 Å². The Morgan fingerprint density at radius 1 is 0.867 bits per heavy atom. The van der Waals surface area contributed by atoms with Crippen molar-refractivity contribution in [3.05, 3.63) is 95.6 Å². The number of ether oxygens (including phenoxy) is 1. The van der Waals surface area contributed by atoms with E-state index in [-0.39, 0.29) is 6.04 Å². The molecular weight excluding hydrogens is 366 g/mol. The summed E-state index contributed by atoms with van der Waals surface area (Å²) in [4.78, 5) is 0. The number of aryl methyl sites for hydroxylation is 1. The molecule has 0 amide bonds. The number of allylic oxidation sites excluding steroid dienone is 2. The summed E-state index contributed by atoms with van der Waals surface area (Å²) in [6, 6.07) is 24.4. The minimum absolute atomic E-state index is 0.226. The first kappa shape index (κ1) is 17.6. The van der Waals surface area contributed by atoms with Crippen LogP contribution in [0.25, 0.3) is 21.5 Å². The Morgan fingerprint density at radius 2 is 1.57 bits per heavy atom. The molecule has 30 heavy (non-hydrogen) atoms. The van der Waals surface area contributed by atoms with E-state index in [0.717, 1.165) is 17.9 Å². The number of anilines is 1. The van der Waals surface area contributed by atoms with Crippen molar-refractivity contribution in [2.75, 3.05) is 12.4 Å². The summed E-state index contributed by atoms with van der Waals surface area (Å²) in [5.74, 6) is 1.85. The Kier molecular flexibility index (Phi) is 3.89. The molecule has 0 fully saturated rings. The second kappa shape index (κ2) is 6.63. The van der Waals surface area contributed by atoms with Gasteiger partial charge in [-0.3, -0.25) is 0 Å². The summed E-state index contributed by atoms with van der Waals surface area (Å²) >= 11 is 0. The Balaban J connectivity index is 1.66. The zero-order valence-corrected chi connectivity index (χ0v) is 17.4. The number of hydrogen-bond acceptors (Lipinski definition) is 2. The molecule has 0 aromatic heterocycles. The molecule has 0 unspecified atom stereocenters. The lowest BCUT2D eigenvalue weighted by molar-refractivity contribution is 0.398. The van der Waals surface area contributed by atoms with Gasteiger partial charge in [-0.05, 0) is 69.6 Å². The molecule has 2 nitrogen and oxygen atoms in total. The van der Waals surface area contributed by atoms with Gasteiger partial charge in [0.05, 0.1) is 18.8 Å². The van der Waals surface area contributed by atoms with E-state index in [1.54, 1.807) is 7.11 Å². The molecule has 6 rings (SSSR count). The number of nitrogens with one attached hydrogen (secondary N) is 1. The highest BCUT2D eigenvalue weighted by atomic mass is 16.5. The van der Waals surface area contributed by atoms with Crippen LogP contribution >= 0.6 is 0 Å². The topological polar surface area (TPSA) is 21.3 Å². The Morgan fingerprint density at radius 3 is 2.27 bits per heavy atom. The van der Waals surface area contributed by atoms with E-state index in [1.807, 2.05) is 0 Å². The van der Waals surface area contributed by atoms with Crippen LogP contribution in [0.5, 0.6) is 5.75 Å². The van der Waals surface area contributed by atoms with Crippen molar-refractivity contribution in [3.63, 3.8) is 0 Å². The molecule has 0 spiro atoms. The van der Waals surface area contributed by atoms with E-state index >= 15 is 0 Å². The van der Waals surface area contributed by atoms with Gasteiger partial charge < -0.3 is 10.1 Å². The second-order valence-corrected chi connectivity index (χ2v) is 8.58. The summed E-state index contributed by atoms with van der Waals surface area (Å²) < 4.78 is 5.79. The number of hydrogen-bond donors (Lipinski definition) is 1. The highest BCUT2D eigenvalue weighted by molar-refractivity contribution is 6.03. The van der Waals surface area contributed by atoms with Crippen molar-refractivity contribution >= 4 is 27.2 Å². The minimum atomic E-state index is 0.226. The monoisotopic (exact) mass is 391 g/mol. The zero-order valence-electron chi connectivity index (χ0n) is 17.4. The van der Waals surface area contributed by atoms with Gasteiger partial charge in [-0.15, -0.1) is 0 Å². The lowest BCUT2D eigenvalue weighted by atomic mass is 9.74. The lowest BCUT2D eigenvalue weighted by Gasteiger charge is -2.40. The molecule has 4 aromatic carbocycles. The number of benzene rings is 4. The first-order valence-corrected chi connectivity index (χ1v) is 10.8. The standard InChI is InChI=1S/C28H25NO/c1-17-14-15-24(30-2)28-25(17)22-12-7-13-23(22)27(29-28)26-20-10-5-3-8-18(20)16-19-9-4-6-11-21(19)26/h3-12,14-16,22-23,27,29H,13H2,1-2H3/t22-,23+,27-/m1/s1. The molecule has 1 aliphatic heterocycles. The highest BCUT2D eigenvalue weighted by Gasteiger charge is 2.40. The van der Waals surface area contributed by atoms with Crippen LogP contribution in [0.3, 0.4) is 0 Å². The van der Waals surface area contributed by atoms with Gasteiger partial charge in [0.25, 0.3) is 0 Å². The Labute approximate surface area is 177 Å². The molecule has 148 valence electrons. The van der Waals surface area contributed by atoms with E-state index in [9.17, 15) is 0 Å². The van der Waals surface area contributed by atoms with E-state index in [2.05, 4.69) is 91.1 Å². The van der Waals surface area contributed by atoms with Gasteiger partial charge >= 0.3 is 0 Å². The van der Waals surface area contributed by atoms with E-state index in [0.29, 0.717) is 11.8 Å². The van der Waals surface area contributed by atoms with Gasteiger partial charge in [-0.2, -0.15) is 0 Å². The summed E-state index contributed by atoms with van der Waals surface area (Å²) in [5, 5.41) is 9.25. The molecular formula is C28H25NO. The van der Waals surface area contributed by atoms with Gasteiger partial charge in [0.1, 0.15) is 5.75 Å². The third-order valence-corrected chi connectivity index (χ3v) is 7.04. The summed E-state index contributed by atoms with van der Waals surface area (Å²) in [6.45, 7) is 2.22. The summed E-state index contributed by atoms with van der Waals surface area (Å²) in [6.07, 6.45) is 5.87. The SMILES string of the molecule is COc1ccc(C)c2c1N[C@@H](c1c3ccccc3cc3ccccc13)[C@H]1CC=C[C@@H]21. The van der Waals surface area contributed by atoms with Crippen molar-refractivity contribution in [1.82, 2.24) is 0 Å². The predicted molar refractivity (Wildman–Crippen MR) is 126 cm³/mol. The first-order chi connectivity index (χ1) is 14.8. The summed E-state index contributed by atoms with van der Waals surface area (Å²) in [5.41, 5.74) is 5.30. The van der Waals surface area contributed by atoms with Crippen LogP contribution in [-0.4, -0.2) is 7.11 Å². The van der Waals surface area contributed by atoms with Gasteiger partial charge in [0.2, 0.25) is 0 Å². The third-order valence-electron chi connectivity index (χ3n) is 7.04. The van der Waals surface area contributed by atoms with Crippen LogP contribution in [0.15, 0.2) is 78.9 Å². The molecule has 0 bridgehead atoms. The number of rotatable bonds is 2. The van der Waals surface area contributed by atoms with Crippen molar-refractivity contribution in [2.45, 2.75) is 25.3 Å². The average Bonchev–Trinajstić information content (AvgIpc) is 3.27. The predicted octanol–water partition coefficient (Wildman–Crippen LogP) is 7.14. The van der Waals surface area contributed by atoms with Gasteiger partial charge in [-0.1, -0.05) is 66.7 Å². The quantitative estimate of drug-likeness (QED) is 0.290. The molecule has 0 radical (unpaired) electrons. The van der Waals surface area contributed by atoms with Crippen LogP contribution in [0, 0.1) is 12.8 Å². The van der Waals surface area contributed by atoms with Crippen LogP contribution in [0.2, 0.25) is 0 Å². The lowest BCUT2D eigenvalue weighted by Crippen LogP contribution is -2.30. The zero-order chi connectivity index (χ0) is 20.2. The molecule has 4 aromatic rings. The van der Waals surface area contributed by atoms with Crippen LogP contribution in [-0.2, 0) is 0 Å². The Bertz CT molecular complexity index is 1270. The van der Waals surface area contributed by atoms with Crippen molar-refractivity contribution in [2.24, 2.45) is 5.92 Å². The molecule has 0 saturated heterocycles. The smallest absolute Gasteiger partial charge is 0.142 e. The van der Waals surface area contributed by atoms with Gasteiger partial charge in [0, 0.05) is 5.92 Å². The fourth-order valence-corrected chi connectivity index (χ4v) is 5.71. The van der Waals surface area contributed by atoms with E-state index < -0.39 is 0 Å². The molecule has 0 saturated carbocycles. The molecule has 1 heterocycles. The third kappa shape index (κ3) is 2.43. The minimum Gasteiger partial charge on any atom is -0.495 e. The van der Waals surface area contributed by atoms with Crippen LogP contribution < -0.4 is 10.1 Å². The molecule has 1 N–H and O–H groups in total. The van der Waals surface area contributed by atoms with Crippen molar-refractivity contribution in [1.29, 1.82) is 0 Å². The van der Waals surface area contributed by atoms with Crippen molar-refractivity contribution < 1.29 is 4.74 Å². The fraction of sp³-hybridized carbons (Fsp3) is 0.214. The van der Waals surface area contributed by atoms with Gasteiger partial charge in [-0.25, -0.2) is 0 Å². The first-order valence-electron chi connectivity index (χ1n) is 10.8. The number of fused-ring (bicyclic) bond motifs is 5. The normalized spacial score (nSPS) is 22.0.